The SMILES string of the molecule is CN(C(=O)CSc1nc(C2CC2)n(-c2ccccc2)n1)C(C)(C)C#N. The molecule has 0 saturated heterocycles. The summed E-state index contributed by atoms with van der Waals surface area (Å²) in [5, 5.41) is 14.3. The summed E-state index contributed by atoms with van der Waals surface area (Å²) in [6.45, 7) is 3.45. The van der Waals surface area contributed by atoms with Gasteiger partial charge in [0.25, 0.3) is 0 Å². The molecule has 1 aliphatic carbocycles. The Morgan fingerprint density at radius 2 is 2.08 bits per heavy atom. The minimum atomic E-state index is -0.826. The number of thioether (sulfide) groups is 1. The van der Waals surface area contributed by atoms with Gasteiger partial charge in [-0.2, -0.15) is 5.26 Å². The third-order valence-electron chi connectivity index (χ3n) is 4.37. The predicted molar refractivity (Wildman–Crippen MR) is 96.5 cm³/mol. The van der Waals surface area contributed by atoms with Gasteiger partial charge in [0, 0.05) is 13.0 Å². The number of nitrogens with zero attached hydrogens (tertiary/aromatic N) is 5. The molecule has 7 heteroatoms. The molecule has 1 aliphatic rings. The van der Waals surface area contributed by atoms with Gasteiger partial charge in [-0.15, -0.1) is 5.10 Å². The Hall–Kier alpha value is -2.33. The second-order valence-electron chi connectivity index (χ2n) is 6.69. The molecule has 1 aromatic heterocycles. The van der Waals surface area contributed by atoms with E-state index in [4.69, 9.17) is 5.26 Å². The molecule has 0 atom stereocenters. The van der Waals surface area contributed by atoms with Crippen molar-refractivity contribution in [1.29, 1.82) is 5.26 Å². The van der Waals surface area contributed by atoms with Crippen molar-refractivity contribution in [2.75, 3.05) is 12.8 Å². The standard InChI is InChI=1S/C18H21N5OS/c1-18(2,12-19)22(3)15(24)11-25-17-20-16(13-9-10-13)23(21-17)14-7-5-4-6-8-14/h4-8,13H,9-11H2,1-3H3. The van der Waals surface area contributed by atoms with Gasteiger partial charge in [0.1, 0.15) is 11.4 Å². The molecular weight excluding hydrogens is 334 g/mol. The number of hydrogen-bond acceptors (Lipinski definition) is 5. The van der Waals surface area contributed by atoms with E-state index >= 15 is 0 Å². The van der Waals surface area contributed by atoms with E-state index in [0.29, 0.717) is 11.1 Å². The van der Waals surface area contributed by atoms with Gasteiger partial charge in [-0.1, -0.05) is 30.0 Å². The maximum Gasteiger partial charge on any atom is 0.234 e. The first-order valence-corrected chi connectivity index (χ1v) is 9.24. The molecule has 0 radical (unpaired) electrons. The fraction of sp³-hybridized carbons (Fsp3) is 0.444. The number of para-hydroxylation sites is 1. The van der Waals surface area contributed by atoms with Crippen LogP contribution in [0.3, 0.4) is 0 Å². The molecule has 0 unspecified atom stereocenters. The summed E-state index contributed by atoms with van der Waals surface area (Å²) in [7, 11) is 1.65. The van der Waals surface area contributed by atoms with Crippen LogP contribution in [0.25, 0.3) is 5.69 Å². The lowest BCUT2D eigenvalue weighted by Crippen LogP contribution is -2.44. The number of amides is 1. The summed E-state index contributed by atoms with van der Waals surface area (Å²) < 4.78 is 1.88. The van der Waals surface area contributed by atoms with Gasteiger partial charge in [0.05, 0.1) is 17.5 Å². The van der Waals surface area contributed by atoms with E-state index < -0.39 is 5.54 Å². The number of carbonyl (C=O) groups excluding carboxylic acids is 1. The minimum absolute atomic E-state index is 0.111. The maximum atomic E-state index is 12.3. The summed E-state index contributed by atoms with van der Waals surface area (Å²) in [5.74, 6) is 1.52. The number of nitriles is 1. The smallest absolute Gasteiger partial charge is 0.234 e. The summed E-state index contributed by atoms with van der Waals surface area (Å²) >= 11 is 1.31. The molecule has 0 spiro atoms. The number of aromatic nitrogens is 3. The summed E-state index contributed by atoms with van der Waals surface area (Å²) in [4.78, 5) is 18.4. The molecule has 1 aromatic carbocycles. The fourth-order valence-electron chi connectivity index (χ4n) is 2.34. The molecule has 1 fully saturated rings. The third-order valence-corrected chi connectivity index (χ3v) is 5.19. The summed E-state index contributed by atoms with van der Waals surface area (Å²) in [5.41, 5.74) is 0.158. The number of carbonyl (C=O) groups is 1. The second kappa shape index (κ2) is 6.89. The largest absolute Gasteiger partial charge is 0.327 e. The number of rotatable bonds is 6. The van der Waals surface area contributed by atoms with Crippen LogP contribution in [0, 0.1) is 11.3 Å². The predicted octanol–water partition coefficient (Wildman–Crippen LogP) is 3.00. The Kier molecular flexibility index (Phi) is 4.82. The molecular formula is C18H21N5OS. The molecule has 0 N–H and O–H groups in total. The highest BCUT2D eigenvalue weighted by Crippen LogP contribution is 2.40. The van der Waals surface area contributed by atoms with Crippen LogP contribution in [-0.2, 0) is 4.79 Å². The van der Waals surface area contributed by atoms with Crippen LogP contribution in [0.1, 0.15) is 38.4 Å². The molecule has 130 valence electrons. The van der Waals surface area contributed by atoms with E-state index in [1.165, 1.54) is 16.7 Å². The molecule has 0 bridgehead atoms. The van der Waals surface area contributed by atoms with Gasteiger partial charge in [0.2, 0.25) is 11.1 Å². The Morgan fingerprint density at radius 3 is 2.68 bits per heavy atom. The van der Waals surface area contributed by atoms with Gasteiger partial charge >= 0.3 is 0 Å². The van der Waals surface area contributed by atoms with Crippen LogP contribution in [0.15, 0.2) is 35.5 Å². The van der Waals surface area contributed by atoms with E-state index in [-0.39, 0.29) is 11.7 Å². The molecule has 25 heavy (non-hydrogen) atoms. The average molecular weight is 355 g/mol. The van der Waals surface area contributed by atoms with Gasteiger partial charge in [-0.3, -0.25) is 4.79 Å². The minimum Gasteiger partial charge on any atom is -0.327 e. The Bertz CT molecular complexity index is 805. The van der Waals surface area contributed by atoms with E-state index in [2.05, 4.69) is 16.2 Å². The lowest BCUT2D eigenvalue weighted by atomic mass is 10.1. The molecule has 6 nitrogen and oxygen atoms in total. The lowest BCUT2D eigenvalue weighted by molar-refractivity contribution is -0.130. The van der Waals surface area contributed by atoms with Crippen molar-refractivity contribution in [1.82, 2.24) is 19.7 Å². The van der Waals surface area contributed by atoms with Crippen molar-refractivity contribution in [2.45, 2.75) is 43.3 Å². The van der Waals surface area contributed by atoms with E-state index in [1.54, 1.807) is 20.9 Å². The monoisotopic (exact) mass is 355 g/mol. The van der Waals surface area contributed by atoms with Gasteiger partial charge in [0.15, 0.2) is 0 Å². The van der Waals surface area contributed by atoms with E-state index in [1.807, 2.05) is 35.0 Å². The van der Waals surface area contributed by atoms with Crippen molar-refractivity contribution < 1.29 is 4.79 Å². The zero-order valence-electron chi connectivity index (χ0n) is 14.6. The Labute approximate surface area is 151 Å². The molecule has 1 saturated carbocycles. The van der Waals surface area contributed by atoms with E-state index in [9.17, 15) is 4.79 Å². The Morgan fingerprint density at radius 1 is 1.40 bits per heavy atom. The molecule has 1 heterocycles. The maximum absolute atomic E-state index is 12.3. The quantitative estimate of drug-likeness (QED) is 0.745. The fourth-order valence-corrected chi connectivity index (χ4v) is 3.08. The van der Waals surface area contributed by atoms with Crippen molar-refractivity contribution in [3.8, 4) is 11.8 Å². The first-order chi connectivity index (χ1) is 11.9. The number of benzene rings is 1. The van der Waals surface area contributed by atoms with Gasteiger partial charge in [-0.25, -0.2) is 9.67 Å². The molecule has 2 aromatic rings. The summed E-state index contributed by atoms with van der Waals surface area (Å²) in [6, 6.07) is 12.1. The zero-order valence-corrected chi connectivity index (χ0v) is 15.5. The first-order valence-electron chi connectivity index (χ1n) is 8.25. The lowest BCUT2D eigenvalue weighted by Gasteiger charge is -2.28. The highest BCUT2D eigenvalue weighted by Gasteiger charge is 2.31. The number of hydrogen-bond donors (Lipinski definition) is 0. The van der Waals surface area contributed by atoms with Crippen molar-refractivity contribution in [3.63, 3.8) is 0 Å². The van der Waals surface area contributed by atoms with Crippen LogP contribution < -0.4 is 0 Å². The van der Waals surface area contributed by atoms with Crippen LogP contribution >= 0.6 is 11.8 Å². The van der Waals surface area contributed by atoms with Gasteiger partial charge in [-0.05, 0) is 38.8 Å². The van der Waals surface area contributed by atoms with Crippen molar-refractivity contribution >= 4 is 17.7 Å². The highest BCUT2D eigenvalue weighted by atomic mass is 32.2. The third kappa shape index (κ3) is 3.85. The van der Waals surface area contributed by atoms with E-state index in [0.717, 1.165) is 24.4 Å². The van der Waals surface area contributed by atoms with Crippen LogP contribution in [0.2, 0.25) is 0 Å². The van der Waals surface area contributed by atoms with Crippen LogP contribution in [-0.4, -0.2) is 43.9 Å². The molecule has 0 aliphatic heterocycles. The average Bonchev–Trinajstić information content (AvgIpc) is 3.39. The normalized spacial score (nSPS) is 14.2. The zero-order chi connectivity index (χ0) is 18.0. The van der Waals surface area contributed by atoms with Gasteiger partial charge < -0.3 is 4.90 Å². The van der Waals surface area contributed by atoms with Crippen LogP contribution in [0.4, 0.5) is 0 Å². The Balaban J connectivity index is 1.74. The first kappa shape index (κ1) is 17.5. The van der Waals surface area contributed by atoms with Crippen LogP contribution in [0.5, 0.6) is 0 Å². The molecule has 1 amide bonds. The second-order valence-corrected chi connectivity index (χ2v) is 7.63. The molecule has 3 rings (SSSR count). The van der Waals surface area contributed by atoms with Crippen molar-refractivity contribution in [2.24, 2.45) is 0 Å². The highest BCUT2D eigenvalue weighted by molar-refractivity contribution is 7.99. The topological polar surface area (TPSA) is 74.8 Å². The van der Waals surface area contributed by atoms with Crippen molar-refractivity contribution in [3.05, 3.63) is 36.2 Å². The summed E-state index contributed by atoms with van der Waals surface area (Å²) in [6.07, 6.45) is 2.27.